The van der Waals surface area contributed by atoms with Gasteiger partial charge in [0, 0.05) is 6.08 Å². The van der Waals surface area contributed by atoms with Gasteiger partial charge in [-0.2, -0.15) is 0 Å². The van der Waals surface area contributed by atoms with Crippen molar-refractivity contribution in [3.05, 3.63) is 78.1 Å². The second kappa shape index (κ2) is 10.4. The molecule has 0 spiro atoms. The van der Waals surface area contributed by atoms with Gasteiger partial charge in [0.05, 0.1) is 24.3 Å². The largest absolute Gasteiger partial charge is 0.457 e. The van der Waals surface area contributed by atoms with Crippen LogP contribution in [0.4, 0.5) is 4.39 Å². The number of rotatable bonds is 8. The smallest absolute Gasteiger partial charge is 0.338 e. The third-order valence-electron chi connectivity index (χ3n) is 5.24. The maximum Gasteiger partial charge on any atom is 0.338 e. The van der Waals surface area contributed by atoms with Crippen molar-refractivity contribution in [1.29, 1.82) is 0 Å². The van der Waals surface area contributed by atoms with Gasteiger partial charge in [0.25, 0.3) is 0 Å². The minimum atomic E-state index is -0.683. The molecular formula is C24H21FO9. The molecule has 2 aromatic carbocycles. The molecule has 0 radical (unpaired) electrons. The lowest BCUT2D eigenvalue weighted by atomic mass is 10.1. The van der Waals surface area contributed by atoms with Gasteiger partial charge in [-0.05, 0) is 48.5 Å². The molecule has 0 aromatic heterocycles. The van der Waals surface area contributed by atoms with E-state index in [0.717, 1.165) is 6.08 Å². The Morgan fingerprint density at radius 3 is 1.88 bits per heavy atom. The van der Waals surface area contributed by atoms with Gasteiger partial charge >= 0.3 is 17.9 Å². The molecule has 2 aliphatic rings. The normalized spacial score (nSPS) is 23.0. The molecule has 34 heavy (non-hydrogen) atoms. The fourth-order valence-corrected chi connectivity index (χ4v) is 3.53. The molecule has 0 amide bonds. The van der Waals surface area contributed by atoms with Crippen LogP contribution in [0.3, 0.4) is 0 Å². The van der Waals surface area contributed by atoms with Crippen molar-refractivity contribution >= 4 is 17.9 Å². The lowest BCUT2D eigenvalue weighted by molar-refractivity contribution is -0.144. The number of ether oxygens (including phenoxy) is 6. The van der Waals surface area contributed by atoms with Gasteiger partial charge < -0.3 is 28.4 Å². The summed E-state index contributed by atoms with van der Waals surface area (Å²) in [5, 5.41) is 0. The third kappa shape index (κ3) is 5.41. The van der Waals surface area contributed by atoms with Gasteiger partial charge in [0.2, 0.25) is 6.79 Å². The van der Waals surface area contributed by atoms with Crippen molar-refractivity contribution in [3.8, 4) is 5.75 Å². The molecule has 0 N–H and O–H groups in total. The maximum atomic E-state index is 13.1. The number of carbonyl (C=O) groups excluding carboxylic acids is 3. The second-order valence-electron chi connectivity index (χ2n) is 7.44. The van der Waals surface area contributed by atoms with Crippen molar-refractivity contribution in [3.63, 3.8) is 0 Å². The fourth-order valence-electron chi connectivity index (χ4n) is 3.53. The van der Waals surface area contributed by atoms with E-state index in [1.807, 2.05) is 0 Å². The van der Waals surface area contributed by atoms with Crippen molar-refractivity contribution < 1.29 is 47.2 Å². The first kappa shape index (κ1) is 23.4. The summed E-state index contributed by atoms with van der Waals surface area (Å²) in [7, 11) is 0. The molecule has 10 heteroatoms. The summed E-state index contributed by atoms with van der Waals surface area (Å²) < 4.78 is 45.4. The summed E-state index contributed by atoms with van der Waals surface area (Å²) >= 11 is 0. The molecule has 2 heterocycles. The van der Waals surface area contributed by atoms with Crippen LogP contribution in [0.25, 0.3) is 0 Å². The molecule has 4 rings (SSSR count). The van der Waals surface area contributed by atoms with E-state index in [4.69, 9.17) is 28.4 Å². The van der Waals surface area contributed by atoms with E-state index in [0.29, 0.717) is 5.75 Å². The molecule has 4 atom stereocenters. The van der Waals surface area contributed by atoms with Crippen molar-refractivity contribution in [2.75, 3.05) is 20.0 Å². The molecule has 0 saturated carbocycles. The summed E-state index contributed by atoms with van der Waals surface area (Å²) in [6.45, 7) is 3.16. The van der Waals surface area contributed by atoms with Crippen molar-refractivity contribution in [2.24, 2.45) is 0 Å². The Balaban J connectivity index is 1.28. The van der Waals surface area contributed by atoms with Crippen LogP contribution in [-0.2, 0) is 28.5 Å². The molecule has 2 aromatic rings. The Bertz CT molecular complexity index is 1050. The standard InChI is InChI=1S/C24H21FO9/c1-2-20(26)32-13-31-17-9-5-15(6-10-17)24(28)34-19-12-30-21-18(11-29-22(19)21)33-23(27)14-3-7-16(25)8-4-14/h2-10,18-19,21-22H,1,11-13H2. The molecule has 2 aliphatic heterocycles. The Labute approximate surface area is 193 Å². The van der Waals surface area contributed by atoms with E-state index < -0.39 is 48.1 Å². The molecule has 4 unspecified atom stereocenters. The van der Waals surface area contributed by atoms with Gasteiger partial charge in [-0.25, -0.2) is 18.8 Å². The van der Waals surface area contributed by atoms with Gasteiger partial charge in [-0.3, -0.25) is 0 Å². The first-order valence-corrected chi connectivity index (χ1v) is 10.4. The molecular weight excluding hydrogens is 451 g/mol. The number of esters is 3. The van der Waals surface area contributed by atoms with Crippen LogP contribution in [0.5, 0.6) is 5.75 Å². The first-order valence-electron chi connectivity index (χ1n) is 10.4. The lowest BCUT2D eigenvalue weighted by Gasteiger charge is -2.17. The molecule has 178 valence electrons. The summed E-state index contributed by atoms with van der Waals surface area (Å²) in [5.74, 6) is -1.89. The van der Waals surface area contributed by atoms with Gasteiger partial charge in [-0.15, -0.1) is 0 Å². The predicted octanol–water partition coefficient (Wildman–Crippen LogP) is 2.44. The number of halogens is 1. The van der Waals surface area contributed by atoms with Crippen molar-refractivity contribution in [1.82, 2.24) is 0 Å². The topological polar surface area (TPSA) is 107 Å². The lowest BCUT2D eigenvalue weighted by Crippen LogP contribution is -2.36. The van der Waals surface area contributed by atoms with E-state index in [2.05, 4.69) is 6.58 Å². The zero-order valence-corrected chi connectivity index (χ0v) is 17.9. The van der Waals surface area contributed by atoms with Crippen LogP contribution in [-0.4, -0.2) is 62.3 Å². The van der Waals surface area contributed by atoms with Crippen molar-refractivity contribution in [2.45, 2.75) is 24.4 Å². The van der Waals surface area contributed by atoms with E-state index >= 15 is 0 Å². The van der Waals surface area contributed by atoms with Crippen LogP contribution in [0.2, 0.25) is 0 Å². The maximum absolute atomic E-state index is 13.1. The minimum Gasteiger partial charge on any atom is -0.457 e. The zero-order chi connectivity index (χ0) is 24.1. The highest BCUT2D eigenvalue weighted by molar-refractivity contribution is 5.90. The quantitative estimate of drug-likeness (QED) is 0.248. The fraction of sp³-hybridized carbons (Fsp3) is 0.292. The van der Waals surface area contributed by atoms with Crippen LogP contribution in [0.15, 0.2) is 61.2 Å². The van der Waals surface area contributed by atoms with Gasteiger partial charge in [-0.1, -0.05) is 6.58 Å². The summed E-state index contributed by atoms with van der Waals surface area (Å²) in [6.07, 6.45) is -1.52. The average molecular weight is 472 g/mol. The van der Waals surface area contributed by atoms with Crippen LogP contribution < -0.4 is 4.74 Å². The average Bonchev–Trinajstić information content (AvgIpc) is 3.43. The Morgan fingerprint density at radius 2 is 1.38 bits per heavy atom. The van der Waals surface area contributed by atoms with E-state index in [9.17, 15) is 18.8 Å². The highest BCUT2D eigenvalue weighted by Crippen LogP contribution is 2.31. The number of hydrogen-bond acceptors (Lipinski definition) is 9. The molecule has 0 bridgehead atoms. The van der Waals surface area contributed by atoms with E-state index in [1.54, 1.807) is 0 Å². The zero-order valence-electron chi connectivity index (χ0n) is 17.9. The first-order chi connectivity index (χ1) is 16.4. The molecule has 2 fully saturated rings. The Kier molecular flexibility index (Phi) is 7.19. The predicted molar refractivity (Wildman–Crippen MR) is 113 cm³/mol. The number of hydrogen-bond donors (Lipinski definition) is 0. The highest BCUT2D eigenvalue weighted by Gasteiger charge is 2.51. The van der Waals surface area contributed by atoms with Crippen LogP contribution in [0.1, 0.15) is 20.7 Å². The Hall–Kier alpha value is -3.76. The van der Waals surface area contributed by atoms with E-state index in [1.165, 1.54) is 48.5 Å². The Morgan fingerprint density at radius 1 is 0.882 bits per heavy atom. The van der Waals surface area contributed by atoms with Crippen LogP contribution in [0, 0.1) is 5.82 Å². The summed E-state index contributed by atoms with van der Waals surface area (Å²) in [4.78, 5) is 35.8. The molecule has 9 nitrogen and oxygen atoms in total. The SMILES string of the molecule is C=CC(=O)OCOc1ccc(C(=O)OC2COC3C(OC(=O)c4ccc(F)cc4)COC23)cc1. The minimum absolute atomic E-state index is 0.0821. The second-order valence-corrected chi connectivity index (χ2v) is 7.44. The van der Waals surface area contributed by atoms with Gasteiger partial charge in [0.1, 0.15) is 23.8 Å². The highest BCUT2D eigenvalue weighted by atomic mass is 19.1. The third-order valence-corrected chi connectivity index (χ3v) is 5.24. The number of carbonyl (C=O) groups is 3. The molecule has 0 aliphatic carbocycles. The number of benzene rings is 2. The molecule has 2 saturated heterocycles. The van der Waals surface area contributed by atoms with Gasteiger partial charge in [0.15, 0.2) is 12.2 Å². The summed E-state index contributed by atoms with van der Waals surface area (Å²) in [6, 6.07) is 11.1. The monoisotopic (exact) mass is 472 g/mol. The van der Waals surface area contributed by atoms with Crippen LogP contribution >= 0.6 is 0 Å². The summed E-state index contributed by atoms with van der Waals surface area (Å²) in [5.41, 5.74) is 0.480. The number of fused-ring (bicyclic) bond motifs is 1. The van der Waals surface area contributed by atoms with E-state index in [-0.39, 0.29) is 31.1 Å².